The van der Waals surface area contributed by atoms with Gasteiger partial charge in [0.2, 0.25) is 0 Å². The van der Waals surface area contributed by atoms with E-state index in [1.54, 1.807) is 24.3 Å². The van der Waals surface area contributed by atoms with Gasteiger partial charge in [0.15, 0.2) is 6.17 Å². The minimum Gasteiger partial charge on any atom is -0.494 e. The molecule has 0 aliphatic carbocycles. The summed E-state index contributed by atoms with van der Waals surface area (Å²) in [6.07, 6.45) is -6.41. The van der Waals surface area contributed by atoms with Crippen LogP contribution in [0.5, 0.6) is 11.5 Å². The van der Waals surface area contributed by atoms with Crippen LogP contribution in [0, 0.1) is 0 Å². The van der Waals surface area contributed by atoms with Crippen LogP contribution in [-0.2, 0) is 11.3 Å². The van der Waals surface area contributed by atoms with Gasteiger partial charge >= 0.3 is 6.36 Å². The topological polar surface area (TPSA) is 38.8 Å². The first-order chi connectivity index (χ1) is 13.3. The zero-order valence-corrected chi connectivity index (χ0v) is 15.1. The fourth-order valence-corrected chi connectivity index (χ4v) is 3.28. The fourth-order valence-electron chi connectivity index (χ4n) is 3.28. The lowest BCUT2D eigenvalue weighted by molar-refractivity contribution is -0.274. The predicted molar refractivity (Wildman–Crippen MR) is 93.5 cm³/mol. The van der Waals surface area contributed by atoms with Gasteiger partial charge in [-0.25, -0.2) is 4.39 Å². The molecule has 1 heterocycles. The molecule has 1 fully saturated rings. The first kappa shape index (κ1) is 20.0. The average Bonchev–Trinajstić information content (AvgIpc) is 2.91. The molecular weight excluding hydrogens is 378 g/mol. The number of nitrogens with zero attached hydrogens (tertiary/aromatic N) is 1. The largest absolute Gasteiger partial charge is 0.573 e. The van der Waals surface area contributed by atoms with Crippen LogP contribution in [0.25, 0.3) is 0 Å². The number of alkyl halides is 4. The molecule has 8 heteroatoms. The molecule has 3 rings (SSSR count). The Balaban J connectivity index is 1.82. The predicted octanol–water partition coefficient (Wildman–Crippen LogP) is 4.80. The molecule has 0 unspecified atom stereocenters. The third-order valence-corrected chi connectivity index (χ3v) is 4.45. The van der Waals surface area contributed by atoms with Crippen molar-refractivity contribution in [3.63, 3.8) is 0 Å². The molecule has 0 radical (unpaired) electrons. The van der Waals surface area contributed by atoms with Crippen molar-refractivity contribution in [2.75, 3.05) is 6.61 Å². The van der Waals surface area contributed by atoms with Gasteiger partial charge in [-0.3, -0.25) is 4.79 Å². The third kappa shape index (κ3) is 4.55. The number of hydrogen-bond donors (Lipinski definition) is 0. The van der Waals surface area contributed by atoms with Crippen molar-refractivity contribution in [3.05, 3.63) is 59.7 Å². The smallest absolute Gasteiger partial charge is 0.494 e. The summed E-state index contributed by atoms with van der Waals surface area (Å²) in [4.78, 5) is 13.7. The number of halogens is 4. The standard InChI is InChI=1S/C20H19F4NO3/c1-2-27-18-6-4-3-5-15(18)17-11-16(21)19(26)25(17)12-13-7-9-14(10-8-13)28-20(22,23)24/h3-10,16-17H,2,11-12H2,1H3/t16-,17-/m0/s1. The van der Waals surface area contributed by atoms with Crippen molar-refractivity contribution in [1.82, 2.24) is 4.90 Å². The van der Waals surface area contributed by atoms with Gasteiger partial charge in [0.1, 0.15) is 11.5 Å². The lowest BCUT2D eigenvalue weighted by atomic mass is 10.0. The van der Waals surface area contributed by atoms with E-state index in [-0.39, 0.29) is 18.7 Å². The quantitative estimate of drug-likeness (QED) is 0.658. The van der Waals surface area contributed by atoms with Crippen molar-refractivity contribution in [2.45, 2.75) is 38.5 Å². The average molecular weight is 397 g/mol. The first-order valence-corrected chi connectivity index (χ1v) is 8.79. The molecule has 0 bridgehead atoms. The van der Waals surface area contributed by atoms with Crippen LogP contribution in [0.3, 0.4) is 0 Å². The molecule has 1 saturated heterocycles. The van der Waals surface area contributed by atoms with E-state index in [4.69, 9.17) is 4.74 Å². The monoisotopic (exact) mass is 397 g/mol. The number of carbonyl (C=O) groups is 1. The highest BCUT2D eigenvalue weighted by molar-refractivity contribution is 5.84. The molecule has 2 aromatic carbocycles. The zero-order valence-electron chi connectivity index (χ0n) is 15.1. The molecule has 2 aromatic rings. The van der Waals surface area contributed by atoms with Crippen LogP contribution in [0.4, 0.5) is 17.6 Å². The van der Waals surface area contributed by atoms with E-state index in [0.717, 1.165) is 0 Å². The molecule has 1 aliphatic heterocycles. The summed E-state index contributed by atoms with van der Waals surface area (Å²) < 4.78 is 60.5. The second-order valence-electron chi connectivity index (χ2n) is 6.35. The van der Waals surface area contributed by atoms with E-state index in [9.17, 15) is 22.4 Å². The number of amides is 1. The molecule has 0 spiro atoms. The second-order valence-corrected chi connectivity index (χ2v) is 6.35. The molecule has 28 heavy (non-hydrogen) atoms. The second kappa shape index (κ2) is 8.08. The number of carbonyl (C=O) groups excluding carboxylic acids is 1. The highest BCUT2D eigenvalue weighted by Crippen LogP contribution is 2.39. The molecule has 150 valence electrons. The summed E-state index contributed by atoms with van der Waals surface area (Å²) in [5.41, 5.74) is 1.27. The van der Waals surface area contributed by atoms with E-state index < -0.39 is 24.5 Å². The maximum Gasteiger partial charge on any atom is 0.573 e. The molecule has 2 atom stereocenters. The Bertz CT molecular complexity index is 823. The van der Waals surface area contributed by atoms with Gasteiger partial charge in [0.25, 0.3) is 5.91 Å². The fraction of sp³-hybridized carbons (Fsp3) is 0.350. The van der Waals surface area contributed by atoms with Crippen LogP contribution < -0.4 is 9.47 Å². The number of hydrogen-bond acceptors (Lipinski definition) is 3. The number of rotatable bonds is 6. The summed E-state index contributed by atoms with van der Waals surface area (Å²) >= 11 is 0. The Labute approximate surface area is 159 Å². The van der Waals surface area contributed by atoms with Crippen LogP contribution in [-0.4, -0.2) is 29.9 Å². The molecule has 4 nitrogen and oxygen atoms in total. The van der Waals surface area contributed by atoms with Crippen LogP contribution in [0.2, 0.25) is 0 Å². The Hall–Kier alpha value is -2.77. The van der Waals surface area contributed by atoms with Gasteiger partial charge in [0.05, 0.1) is 12.6 Å². The van der Waals surface area contributed by atoms with Crippen molar-refractivity contribution in [2.24, 2.45) is 0 Å². The number of para-hydroxylation sites is 1. The summed E-state index contributed by atoms with van der Waals surface area (Å²) in [5, 5.41) is 0. The highest BCUT2D eigenvalue weighted by Gasteiger charge is 2.41. The van der Waals surface area contributed by atoms with E-state index in [0.29, 0.717) is 23.5 Å². The Morgan fingerprint density at radius 1 is 1.11 bits per heavy atom. The maximum absolute atomic E-state index is 14.2. The summed E-state index contributed by atoms with van der Waals surface area (Å²) in [6, 6.07) is 11.8. The van der Waals surface area contributed by atoms with Crippen molar-refractivity contribution >= 4 is 5.91 Å². The normalized spacial score (nSPS) is 19.8. The SMILES string of the molecule is CCOc1ccccc1[C@@H]1C[C@H](F)C(=O)N1Cc1ccc(OC(F)(F)F)cc1. The van der Waals surface area contributed by atoms with Gasteiger partial charge < -0.3 is 14.4 Å². The van der Waals surface area contributed by atoms with Crippen LogP contribution in [0.1, 0.15) is 30.5 Å². The zero-order chi connectivity index (χ0) is 20.3. The minimum absolute atomic E-state index is 0.00180. The van der Waals surface area contributed by atoms with E-state index in [1.165, 1.54) is 29.2 Å². The van der Waals surface area contributed by atoms with Crippen molar-refractivity contribution < 1.29 is 31.8 Å². The lowest BCUT2D eigenvalue weighted by Gasteiger charge is -2.26. The summed E-state index contributed by atoms with van der Waals surface area (Å²) in [6.45, 7) is 2.32. The van der Waals surface area contributed by atoms with Gasteiger partial charge in [-0.05, 0) is 30.7 Å². The molecule has 0 saturated carbocycles. The Morgan fingerprint density at radius 2 is 1.79 bits per heavy atom. The Morgan fingerprint density at radius 3 is 2.43 bits per heavy atom. The minimum atomic E-state index is -4.78. The van der Waals surface area contributed by atoms with Gasteiger partial charge in [-0.2, -0.15) is 0 Å². The summed E-state index contributed by atoms with van der Waals surface area (Å²) in [5.74, 6) is -0.423. The molecule has 0 N–H and O–H groups in total. The van der Waals surface area contributed by atoms with Crippen molar-refractivity contribution in [3.8, 4) is 11.5 Å². The van der Waals surface area contributed by atoms with Gasteiger partial charge in [-0.1, -0.05) is 30.3 Å². The summed E-state index contributed by atoms with van der Waals surface area (Å²) in [7, 11) is 0. The molecule has 1 aliphatic rings. The van der Waals surface area contributed by atoms with Crippen LogP contribution in [0.15, 0.2) is 48.5 Å². The number of ether oxygens (including phenoxy) is 2. The Kier molecular flexibility index (Phi) is 5.76. The van der Waals surface area contributed by atoms with Crippen LogP contribution >= 0.6 is 0 Å². The van der Waals surface area contributed by atoms with E-state index >= 15 is 0 Å². The molecule has 1 amide bonds. The third-order valence-electron chi connectivity index (χ3n) is 4.45. The molecular formula is C20H19F4NO3. The van der Waals surface area contributed by atoms with Gasteiger partial charge in [-0.15, -0.1) is 13.2 Å². The number of benzene rings is 2. The lowest BCUT2D eigenvalue weighted by Crippen LogP contribution is -2.29. The van der Waals surface area contributed by atoms with E-state index in [1.807, 2.05) is 6.92 Å². The molecule has 0 aromatic heterocycles. The van der Waals surface area contributed by atoms with E-state index in [2.05, 4.69) is 4.74 Å². The highest BCUT2D eigenvalue weighted by atomic mass is 19.4. The van der Waals surface area contributed by atoms with Gasteiger partial charge in [0, 0.05) is 18.5 Å². The van der Waals surface area contributed by atoms with Crippen molar-refractivity contribution in [1.29, 1.82) is 0 Å². The first-order valence-electron chi connectivity index (χ1n) is 8.79. The maximum atomic E-state index is 14.2. The number of likely N-dealkylation sites (tertiary alicyclic amines) is 1.